The Hall–Kier alpha value is -2.37. The number of hydrogen-bond donors (Lipinski definition) is 0. The number of hydrogen-bond acceptors (Lipinski definition) is 4. The van der Waals surface area contributed by atoms with Gasteiger partial charge in [-0.25, -0.2) is 14.5 Å². The molecule has 0 aliphatic carbocycles. The van der Waals surface area contributed by atoms with Crippen molar-refractivity contribution >= 4 is 18.0 Å². The lowest BCUT2D eigenvalue weighted by atomic mass is 10.2. The molecule has 1 heterocycles. The lowest BCUT2D eigenvalue weighted by molar-refractivity contribution is -0.125. The van der Waals surface area contributed by atoms with E-state index in [0.29, 0.717) is 0 Å². The van der Waals surface area contributed by atoms with Gasteiger partial charge in [-0.2, -0.15) is 0 Å². The third kappa shape index (κ3) is 3.59. The van der Waals surface area contributed by atoms with Gasteiger partial charge in [0.2, 0.25) is 0 Å². The fraction of sp³-hybridized carbons (Fsp3) is 0.400. The van der Waals surface area contributed by atoms with Crippen molar-refractivity contribution in [1.82, 2.24) is 9.80 Å². The molecule has 0 bridgehead atoms. The van der Waals surface area contributed by atoms with Gasteiger partial charge < -0.3 is 4.74 Å². The van der Waals surface area contributed by atoms with E-state index in [9.17, 15) is 14.4 Å². The number of carbonyl (C=O) groups excluding carboxylic acids is 3. The zero-order chi connectivity index (χ0) is 15.6. The number of nitrogens with zero attached hydrogens (tertiary/aromatic N) is 2. The van der Waals surface area contributed by atoms with Crippen LogP contribution in [0, 0.1) is 0 Å². The fourth-order valence-electron chi connectivity index (χ4n) is 1.92. The first-order valence-electron chi connectivity index (χ1n) is 6.67. The number of benzene rings is 1. The van der Waals surface area contributed by atoms with Crippen LogP contribution in [-0.4, -0.2) is 40.0 Å². The van der Waals surface area contributed by atoms with E-state index in [-0.39, 0.29) is 13.1 Å². The summed E-state index contributed by atoms with van der Waals surface area (Å²) in [6, 6.07) is 8.49. The number of rotatable bonds is 2. The lowest BCUT2D eigenvalue weighted by Gasteiger charge is -2.23. The molecule has 1 fully saturated rings. The molecule has 112 valence electrons. The third-order valence-electron chi connectivity index (χ3n) is 2.85. The van der Waals surface area contributed by atoms with E-state index in [1.807, 2.05) is 30.3 Å². The lowest BCUT2D eigenvalue weighted by Crippen LogP contribution is -2.39. The number of urea groups is 1. The Kier molecular flexibility index (Phi) is 3.97. The molecular weight excluding hydrogens is 272 g/mol. The summed E-state index contributed by atoms with van der Waals surface area (Å²) in [6.45, 7) is 4.98. The third-order valence-corrected chi connectivity index (χ3v) is 2.85. The standard InChI is InChI=1S/C15H18N2O4/c1-15(2,3)21-14(20)17-10-12(18)16(13(17)19)9-11-7-5-4-6-8-11/h4-8H,9-10H2,1-3H3. The number of carbonyl (C=O) groups is 3. The van der Waals surface area contributed by atoms with Gasteiger partial charge in [0.25, 0.3) is 5.91 Å². The summed E-state index contributed by atoms with van der Waals surface area (Å²) >= 11 is 0. The minimum absolute atomic E-state index is 0.151. The average molecular weight is 290 g/mol. The van der Waals surface area contributed by atoms with Crippen LogP contribution < -0.4 is 0 Å². The molecule has 0 N–H and O–H groups in total. The van der Waals surface area contributed by atoms with Gasteiger partial charge >= 0.3 is 12.1 Å². The summed E-state index contributed by atoms with van der Waals surface area (Å²) in [6.07, 6.45) is -0.795. The number of imide groups is 2. The van der Waals surface area contributed by atoms with Crippen molar-refractivity contribution in [2.75, 3.05) is 6.54 Å². The molecule has 6 heteroatoms. The molecule has 1 aliphatic rings. The van der Waals surface area contributed by atoms with Crippen LogP contribution in [0.25, 0.3) is 0 Å². The average Bonchev–Trinajstić information content (AvgIpc) is 2.66. The molecule has 2 rings (SSSR count). The molecule has 0 aromatic heterocycles. The Morgan fingerprint density at radius 3 is 2.38 bits per heavy atom. The zero-order valence-corrected chi connectivity index (χ0v) is 12.3. The van der Waals surface area contributed by atoms with Crippen molar-refractivity contribution in [1.29, 1.82) is 0 Å². The quantitative estimate of drug-likeness (QED) is 0.784. The van der Waals surface area contributed by atoms with Crippen molar-refractivity contribution in [2.45, 2.75) is 32.9 Å². The van der Waals surface area contributed by atoms with Crippen LogP contribution in [0.15, 0.2) is 30.3 Å². The van der Waals surface area contributed by atoms with Crippen LogP contribution in [0.5, 0.6) is 0 Å². The first kappa shape index (κ1) is 15.0. The highest BCUT2D eigenvalue weighted by molar-refractivity contribution is 6.08. The summed E-state index contributed by atoms with van der Waals surface area (Å²) < 4.78 is 5.13. The van der Waals surface area contributed by atoms with E-state index >= 15 is 0 Å². The molecule has 4 amide bonds. The summed E-state index contributed by atoms with van der Waals surface area (Å²) in [4.78, 5) is 37.9. The second kappa shape index (κ2) is 5.55. The number of ether oxygens (including phenoxy) is 1. The monoisotopic (exact) mass is 290 g/mol. The second-order valence-electron chi connectivity index (χ2n) is 5.81. The summed E-state index contributed by atoms with van der Waals surface area (Å²) in [7, 11) is 0. The van der Waals surface area contributed by atoms with Crippen LogP contribution >= 0.6 is 0 Å². The van der Waals surface area contributed by atoms with Crippen LogP contribution in [-0.2, 0) is 16.1 Å². The maximum atomic E-state index is 12.2. The van der Waals surface area contributed by atoms with E-state index in [0.717, 1.165) is 15.4 Å². The predicted molar refractivity (Wildman–Crippen MR) is 75.3 cm³/mol. The van der Waals surface area contributed by atoms with E-state index in [2.05, 4.69) is 0 Å². The van der Waals surface area contributed by atoms with Crippen molar-refractivity contribution in [2.24, 2.45) is 0 Å². The molecule has 1 aromatic carbocycles. The van der Waals surface area contributed by atoms with Gasteiger partial charge in [0.15, 0.2) is 0 Å². The van der Waals surface area contributed by atoms with Gasteiger partial charge in [0, 0.05) is 0 Å². The first-order chi connectivity index (χ1) is 9.78. The van der Waals surface area contributed by atoms with Crippen molar-refractivity contribution in [3.05, 3.63) is 35.9 Å². The van der Waals surface area contributed by atoms with Crippen molar-refractivity contribution < 1.29 is 19.1 Å². The molecule has 0 spiro atoms. The molecule has 21 heavy (non-hydrogen) atoms. The Morgan fingerprint density at radius 1 is 1.19 bits per heavy atom. The molecule has 1 saturated heterocycles. The summed E-state index contributed by atoms with van der Waals surface area (Å²) in [5, 5.41) is 0. The van der Waals surface area contributed by atoms with E-state index in [1.54, 1.807) is 20.8 Å². The summed E-state index contributed by atoms with van der Waals surface area (Å²) in [5.74, 6) is -0.408. The normalized spacial score (nSPS) is 15.6. The van der Waals surface area contributed by atoms with Gasteiger partial charge in [0.05, 0.1) is 6.54 Å². The summed E-state index contributed by atoms with van der Waals surface area (Å²) in [5.41, 5.74) is 0.109. The highest BCUT2D eigenvalue weighted by Crippen LogP contribution is 2.18. The van der Waals surface area contributed by atoms with E-state index < -0.39 is 23.6 Å². The van der Waals surface area contributed by atoms with Crippen molar-refractivity contribution in [3.8, 4) is 0 Å². The Bertz CT molecular complexity index is 563. The fourth-order valence-corrected chi connectivity index (χ4v) is 1.92. The molecule has 0 saturated carbocycles. The minimum Gasteiger partial charge on any atom is -0.443 e. The van der Waals surface area contributed by atoms with Crippen molar-refractivity contribution in [3.63, 3.8) is 0 Å². The smallest absolute Gasteiger partial charge is 0.419 e. The highest BCUT2D eigenvalue weighted by Gasteiger charge is 2.41. The van der Waals surface area contributed by atoms with Gasteiger partial charge in [-0.3, -0.25) is 9.69 Å². The van der Waals surface area contributed by atoms with Gasteiger partial charge in [-0.15, -0.1) is 0 Å². The van der Waals surface area contributed by atoms with Crippen LogP contribution in [0.4, 0.5) is 9.59 Å². The zero-order valence-electron chi connectivity index (χ0n) is 12.3. The molecule has 0 unspecified atom stereocenters. The Balaban J connectivity index is 2.08. The second-order valence-corrected chi connectivity index (χ2v) is 5.81. The van der Waals surface area contributed by atoms with E-state index in [1.165, 1.54) is 0 Å². The maximum absolute atomic E-state index is 12.2. The van der Waals surface area contributed by atoms with Gasteiger partial charge in [0.1, 0.15) is 12.1 Å². The largest absolute Gasteiger partial charge is 0.443 e. The van der Waals surface area contributed by atoms with Crippen LogP contribution in [0.3, 0.4) is 0 Å². The number of amides is 4. The molecular formula is C15H18N2O4. The Morgan fingerprint density at radius 2 is 1.81 bits per heavy atom. The molecule has 0 atom stereocenters. The topological polar surface area (TPSA) is 66.9 Å². The SMILES string of the molecule is CC(C)(C)OC(=O)N1CC(=O)N(Cc2ccccc2)C1=O. The maximum Gasteiger partial charge on any atom is 0.419 e. The van der Waals surface area contributed by atoms with Gasteiger partial charge in [-0.05, 0) is 26.3 Å². The minimum atomic E-state index is -0.795. The highest BCUT2D eigenvalue weighted by atomic mass is 16.6. The van der Waals surface area contributed by atoms with Crippen LogP contribution in [0.1, 0.15) is 26.3 Å². The predicted octanol–water partition coefficient (Wildman–Crippen LogP) is 2.39. The van der Waals surface area contributed by atoms with E-state index in [4.69, 9.17) is 4.74 Å². The molecule has 1 aromatic rings. The van der Waals surface area contributed by atoms with Gasteiger partial charge in [-0.1, -0.05) is 30.3 Å². The molecule has 0 radical (unpaired) electrons. The Labute approximate surface area is 123 Å². The molecule has 6 nitrogen and oxygen atoms in total. The first-order valence-corrected chi connectivity index (χ1v) is 6.67. The molecule has 1 aliphatic heterocycles. The van der Waals surface area contributed by atoms with Crippen LogP contribution in [0.2, 0.25) is 0 Å².